The molecule has 7 heterocycles. The molecule has 0 radical (unpaired) electrons. The highest BCUT2D eigenvalue weighted by Crippen LogP contribution is 2.53. The zero-order chi connectivity index (χ0) is 32.7. The van der Waals surface area contributed by atoms with E-state index >= 15 is 0 Å². The van der Waals surface area contributed by atoms with Crippen molar-refractivity contribution in [3.05, 3.63) is 33.4 Å². The Labute approximate surface area is 253 Å². The highest BCUT2D eigenvalue weighted by atomic mass is 31.2. The highest BCUT2D eigenvalue weighted by molar-refractivity contribution is 7.47. The second-order valence-corrected chi connectivity index (χ2v) is 13.1. The van der Waals surface area contributed by atoms with Crippen molar-refractivity contribution in [3.8, 4) is 0 Å². The Balaban J connectivity index is 1.18. The number of aliphatic hydroxyl groups is 2. The van der Waals surface area contributed by atoms with Gasteiger partial charge in [0.2, 0.25) is 11.9 Å². The van der Waals surface area contributed by atoms with Gasteiger partial charge in [0.15, 0.2) is 34.8 Å². The lowest BCUT2D eigenvalue weighted by Crippen LogP contribution is -2.39. The first-order valence-corrected chi connectivity index (χ1v) is 16.1. The lowest BCUT2D eigenvalue weighted by atomic mass is 10.1. The Morgan fingerprint density at radius 3 is 1.54 bits per heavy atom. The average Bonchev–Trinajstić information content (AvgIpc) is 3.72. The molecule has 4 aromatic rings. The van der Waals surface area contributed by atoms with Crippen LogP contribution in [0.25, 0.3) is 22.3 Å². The number of ether oxygens (including phenoxy) is 2. The number of nitrogen functional groups attached to an aromatic ring is 2. The first kappa shape index (κ1) is 31.0. The summed E-state index contributed by atoms with van der Waals surface area (Å²) in [5.74, 6) is -0.561. The minimum atomic E-state index is -5.10. The predicted octanol–water partition coefficient (Wildman–Crippen LogP) is -3.05. The van der Waals surface area contributed by atoms with Crippen LogP contribution in [0.5, 0.6) is 0 Å². The van der Waals surface area contributed by atoms with Crippen molar-refractivity contribution in [3.63, 3.8) is 0 Å². The number of H-pyrrole nitrogens is 2. The van der Waals surface area contributed by atoms with E-state index < -0.39 is 89.1 Å². The molecule has 248 valence electrons. The summed E-state index contributed by atoms with van der Waals surface area (Å²) in [5, 5.41) is 22.2. The average molecular weight is 690 g/mol. The van der Waals surface area contributed by atoms with Crippen molar-refractivity contribution < 1.29 is 56.7 Å². The van der Waals surface area contributed by atoms with Crippen LogP contribution in [0.2, 0.25) is 0 Å². The number of aromatic nitrogens is 8. The molecule has 4 aromatic heterocycles. The molecule has 46 heavy (non-hydrogen) atoms. The second-order valence-electron chi connectivity index (χ2n) is 10.3. The summed E-state index contributed by atoms with van der Waals surface area (Å²) in [4.78, 5) is 65.9. The van der Waals surface area contributed by atoms with Gasteiger partial charge in [-0.2, -0.15) is 9.97 Å². The van der Waals surface area contributed by atoms with Crippen LogP contribution >= 0.6 is 15.6 Å². The molecule has 10 N–H and O–H groups in total. The standard InChI is InChI=1S/C20H24N10O14P2/c21-19-25-13-7(15(33)27-19)23-3-29(13)17-9(31)11-5(41-17)1-39-45(35,36)44-12-6(2-40-46(37,38)43-11)42-18(10(12)32)30-4-24-8-14(30)26-20(22)28-16(8)34/h3-6,9-12,17-18,31-32H,1-2H2,(H,35,36)(H,37,38)(H3,21,25,27,33)(H3,22,26,28,34)/t5-,6?,9-,10-,11-,12-,17-,18?/m1/s1. The molecule has 3 aliphatic heterocycles. The number of nitrogens with two attached hydrogens (primary N) is 2. The summed E-state index contributed by atoms with van der Waals surface area (Å²) in [5.41, 5.74) is 9.28. The van der Waals surface area contributed by atoms with Gasteiger partial charge in [-0.3, -0.25) is 46.8 Å². The van der Waals surface area contributed by atoms with Gasteiger partial charge < -0.3 is 40.9 Å². The third-order valence-corrected chi connectivity index (χ3v) is 9.35. The van der Waals surface area contributed by atoms with E-state index in [0.29, 0.717) is 0 Å². The normalized spacial score (nSPS) is 37.1. The molecule has 3 fully saturated rings. The van der Waals surface area contributed by atoms with E-state index in [1.54, 1.807) is 0 Å². The number of hydrogen-bond donors (Lipinski definition) is 8. The van der Waals surface area contributed by atoms with Crippen molar-refractivity contribution in [2.45, 2.75) is 49.1 Å². The topological polar surface area (TPSA) is 350 Å². The number of hydrogen-bond acceptors (Lipinski definition) is 18. The third kappa shape index (κ3) is 5.33. The SMILES string of the molecule is Nc1nc2c(ncn2C2OC3COP(=O)(O)O[C@H]4[C@@H](O)[C@H](n5cnc6c(=O)[nH]c(N)nc65)O[C@@H]4COP(=O)(O)O[C@H]3[C@H]2O)c(=O)[nH]1. The van der Waals surface area contributed by atoms with Crippen molar-refractivity contribution in [2.24, 2.45) is 0 Å². The Bertz CT molecular complexity index is 1900. The molecule has 0 aromatic carbocycles. The van der Waals surface area contributed by atoms with Crippen LogP contribution < -0.4 is 22.6 Å². The summed E-state index contributed by atoms with van der Waals surface area (Å²) >= 11 is 0. The maximum absolute atomic E-state index is 13.1. The van der Waals surface area contributed by atoms with Gasteiger partial charge in [-0.15, -0.1) is 0 Å². The van der Waals surface area contributed by atoms with Crippen LogP contribution in [0.4, 0.5) is 11.9 Å². The van der Waals surface area contributed by atoms with Gasteiger partial charge in [0.05, 0.1) is 25.9 Å². The van der Waals surface area contributed by atoms with E-state index in [2.05, 4.69) is 29.9 Å². The number of nitrogens with one attached hydrogen (secondary N) is 2. The quantitative estimate of drug-likeness (QED) is 0.0968. The number of rotatable bonds is 2. The first-order chi connectivity index (χ1) is 21.7. The van der Waals surface area contributed by atoms with Crippen molar-refractivity contribution in [1.82, 2.24) is 39.0 Å². The van der Waals surface area contributed by atoms with E-state index in [1.165, 1.54) is 0 Å². The minimum Gasteiger partial charge on any atom is -0.386 e. The smallest absolute Gasteiger partial charge is 0.386 e. The van der Waals surface area contributed by atoms with Crippen LogP contribution in [0, 0.1) is 0 Å². The number of fused-ring (bicyclic) bond motifs is 4. The monoisotopic (exact) mass is 690 g/mol. The maximum Gasteiger partial charge on any atom is 0.472 e. The fourth-order valence-corrected chi connectivity index (χ4v) is 7.32. The number of anilines is 2. The molecule has 0 spiro atoms. The molecule has 26 heteroatoms. The molecule has 0 aliphatic carbocycles. The Morgan fingerprint density at radius 1 is 0.761 bits per heavy atom. The largest absolute Gasteiger partial charge is 0.472 e. The third-order valence-electron chi connectivity index (χ3n) is 7.38. The summed E-state index contributed by atoms with van der Waals surface area (Å²) in [7, 11) is -10.2. The lowest BCUT2D eigenvalue weighted by Gasteiger charge is -2.27. The zero-order valence-electron chi connectivity index (χ0n) is 22.8. The fraction of sp³-hybridized carbons (Fsp3) is 0.500. The van der Waals surface area contributed by atoms with Gasteiger partial charge in [0.25, 0.3) is 11.1 Å². The van der Waals surface area contributed by atoms with Gasteiger partial charge in [-0.25, -0.2) is 19.1 Å². The van der Waals surface area contributed by atoms with Crippen LogP contribution in [-0.2, 0) is 36.7 Å². The molecule has 3 aliphatic rings. The zero-order valence-corrected chi connectivity index (χ0v) is 24.6. The lowest BCUT2D eigenvalue weighted by molar-refractivity contribution is -0.0664. The fourth-order valence-electron chi connectivity index (χ4n) is 5.39. The molecule has 7 rings (SSSR count). The Morgan fingerprint density at radius 2 is 1.15 bits per heavy atom. The molecule has 0 saturated carbocycles. The van der Waals surface area contributed by atoms with E-state index in [-0.39, 0.29) is 34.2 Å². The summed E-state index contributed by atoms with van der Waals surface area (Å²) in [6.45, 7) is -1.74. The first-order valence-electron chi connectivity index (χ1n) is 13.1. The van der Waals surface area contributed by atoms with Crippen molar-refractivity contribution in [2.75, 3.05) is 24.7 Å². The summed E-state index contributed by atoms with van der Waals surface area (Å²) in [6, 6.07) is 0. The van der Waals surface area contributed by atoms with Gasteiger partial charge in [-0.05, 0) is 0 Å². The predicted molar refractivity (Wildman–Crippen MR) is 146 cm³/mol. The Hall–Kier alpha value is -3.64. The van der Waals surface area contributed by atoms with E-state index in [4.69, 9.17) is 39.0 Å². The van der Waals surface area contributed by atoms with Gasteiger partial charge in [0.1, 0.15) is 36.6 Å². The number of phosphoric acid groups is 2. The molecular weight excluding hydrogens is 666 g/mol. The minimum absolute atomic E-state index is 0.121. The van der Waals surface area contributed by atoms with E-state index in [1.807, 2.05) is 0 Å². The van der Waals surface area contributed by atoms with Crippen LogP contribution in [0.1, 0.15) is 12.5 Å². The molecule has 3 saturated heterocycles. The Kier molecular flexibility index (Phi) is 7.39. The molecule has 0 amide bonds. The molecule has 24 nitrogen and oxygen atoms in total. The number of nitrogens with zero attached hydrogens (tertiary/aromatic N) is 6. The highest BCUT2D eigenvalue weighted by Gasteiger charge is 2.54. The molecule has 0 bridgehead atoms. The number of aromatic amines is 2. The van der Waals surface area contributed by atoms with E-state index in [0.717, 1.165) is 21.8 Å². The molecule has 4 unspecified atom stereocenters. The second kappa shape index (κ2) is 11.0. The van der Waals surface area contributed by atoms with Gasteiger partial charge in [0, 0.05) is 0 Å². The van der Waals surface area contributed by atoms with Gasteiger partial charge in [-0.1, -0.05) is 0 Å². The molecular formula is C20H24N10O14P2. The van der Waals surface area contributed by atoms with E-state index in [9.17, 15) is 38.7 Å². The van der Waals surface area contributed by atoms with Gasteiger partial charge >= 0.3 is 15.6 Å². The van der Waals surface area contributed by atoms with Crippen molar-refractivity contribution in [1.29, 1.82) is 0 Å². The van der Waals surface area contributed by atoms with Crippen molar-refractivity contribution >= 4 is 49.9 Å². The number of phosphoric ester groups is 2. The van der Waals surface area contributed by atoms with Crippen LogP contribution in [-0.4, -0.2) is 109 Å². The summed E-state index contributed by atoms with van der Waals surface area (Å²) in [6.07, 6.45) is -10.9. The molecule has 10 atom stereocenters. The van der Waals surface area contributed by atoms with Crippen LogP contribution in [0.15, 0.2) is 22.2 Å². The summed E-state index contributed by atoms with van der Waals surface area (Å²) < 4.78 is 60.5. The maximum atomic E-state index is 13.1. The number of aliphatic hydroxyl groups excluding tert-OH is 2. The van der Waals surface area contributed by atoms with Crippen LogP contribution in [0.3, 0.4) is 0 Å². The number of imidazole rings is 2.